The van der Waals surface area contributed by atoms with Crippen LogP contribution >= 0.6 is 23.4 Å². The van der Waals surface area contributed by atoms with Gasteiger partial charge in [0.05, 0.1) is 5.54 Å². The van der Waals surface area contributed by atoms with Crippen LogP contribution in [-0.4, -0.2) is 24.3 Å². The van der Waals surface area contributed by atoms with Crippen LogP contribution in [-0.2, 0) is 11.2 Å². The summed E-state index contributed by atoms with van der Waals surface area (Å²) in [5, 5.41) is 0.785. The summed E-state index contributed by atoms with van der Waals surface area (Å²) in [6, 6.07) is 12.5. The fraction of sp³-hybridized carbons (Fsp3) is 0.350. The first-order valence-corrected chi connectivity index (χ1v) is 9.64. The van der Waals surface area contributed by atoms with Gasteiger partial charge in [0.25, 0.3) is 0 Å². The van der Waals surface area contributed by atoms with Crippen molar-refractivity contribution in [2.24, 2.45) is 4.99 Å². The summed E-state index contributed by atoms with van der Waals surface area (Å²) in [5.74, 6) is 0.733. The molecule has 2 aromatic carbocycles. The lowest BCUT2D eigenvalue weighted by atomic mass is 9.95. The number of ether oxygens (including phenoxy) is 1. The molecule has 0 radical (unpaired) electrons. The molecule has 126 valence electrons. The summed E-state index contributed by atoms with van der Waals surface area (Å²) >= 11 is 8.17. The fourth-order valence-corrected chi connectivity index (χ4v) is 3.71. The molecule has 0 aromatic heterocycles. The van der Waals surface area contributed by atoms with Crippen LogP contribution in [0, 0.1) is 6.92 Å². The number of halogens is 1. The lowest BCUT2D eigenvalue weighted by Crippen LogP contribution is -2.17. The molecule has 0 aliphatic carbocycles. The van der Waals surface area contributed by atoms with Gasteiger partial charge in [0, 0.05) is 15.5 Å². The molecule has 1 aliphatic rings. The molecule has 0 saturated carbocycles. The summed E-state index contributed by atoms with van der Waals surface area (Å²) in [7, 11) is 0. The van der Waals surface area contributed by atoms with Crippen molar-refractivity contribution in [3.63, 3.8) is 0 Å². The van der Waals surface area contributed by atoms with Crippen LogP contribution in [0.25, 0.3) is 0 Å². The van der Waals surface area contributed by atoms with Crippen molar-refractivity contribution in [1.82, 2.24) is 0 Å². The maximum atomic E-state index is 6.40. The van der Waals surface area contributed by atoms with E-state index in [9.17, 15) is 0 Å². The molecule has 3 rings (SSSR count). The second-order valence-electron chi connectivity index (χ2n) is 6.71. The fourth-order valence-electron chi connectivity index (χ4n) is 2.92. The third kappa shape index (κ3) is 3.47. The van der Waals surface area contributed by atoms with Crippen LogP contribution in [0.2, 0.25) is 5.02 Å². The number of hydrogen-bond donors (Lipinski definition) is 0. The van der Waals surface area contributed by atoms with E-state index in [2.05, 4.69) is 51.3 Å². The summed E-state index contributed by atoms with van der Waals surface area (Å²) in [4.78, 5) is 6.04. The summed E-state index contributed by atoms with van der Waals surface area (Å²) in [6.07, 6.45) is 2.93. The van der Waals surface area contributed by atoms with Crippen LogP contribution < -0.4 is 0 Å². The molecule has 4 heteroatoms. The van der Waals surface area contributed by atoms with Gasteiger partial charge in [-0.15, -0.1) is 11.8 Å². The Balaban J connectivity index is 2.08. The molecule has 1 heterocycles. The van der Waals surface area contributed by atoms with Crippen molar-refractivity contribution < 1.29 is 4.74 Å². The zero-order valence-electron chi connectivity index (χ0n) is 14.5. The van der Waals surface area contributed by atoms with E-state index in [1.54, 1.807) is 11.8 Å². The molecule has 0 amide bonds. The van der Waals surface area contributed by atoms with Gasteiger partial charge in [-0.05, 0) is 68.3 Å². The summed E-state index contributed by atoms with van der Waals surface area (Å²) < 4.78 is 5.89. The predicted octanol–water partition coefficient (Wildman–Crippen LogP) is 5.52. The minimum Gasteiger partial charge on any atom is -0.475 e. The third-order valence-corrected chi connectivity index (χ3v) is 5.54. The molecule has 0 unspecified atom stereocenters. The normalized spacial score (nSPS) is 16.0. The van der Waals surface area contributed by atoms with Crippen LogP contribution in [0.5, 0.6) is 0 Å². The Morgan fingerprint density at radius 1 is 1.21 bits per heavy atom. The smallest absolute Gasteiger partial charge is 0.217 e. The Morgan fingerprint density at radius 2 is 1.96 bits per heavy atom. The second kappa shape index (κ2) is 6.81. The largest absolute Gasteiger partial charge is 0.475 e. The molecule has 24 heavy (non-hydrogen) atoms. The van der Waals surface area contributed by atoms with Crippen molar-refractivity contribution in [2.45, 2.75) is 37.6 Å². The van der Waals surface area contributed by atoms with E-state index >= 15 is 0 Å². The lowest BCUT2D eigenvalue weighted by molar-refractivity contribution is 0.279. The summed E-state index contributed by atoms with van der Waals surface area (Å²) in [5.41, 5.74) is 4.48. The van der Waals surface area contributed by atoms with Gasteiger partial charge in [-0.25, -0.2) is 4.99 Å². The molecule has 0 N–H and O–H groups in total. The van der Waals surface area contributed by atoms with Crippen LogP contribution in [0.15, 0.2) is 46.3 Å². The number of aliphatic imine (C=N–C) groups is 1. The van der Waals surface area contributed by atoms with Crippen LogP contribution in [0.1, 0.15) is 36.1 Å². The first-order chi connectivity index (χ1) is 11.4. The lowest BCUT2D eigenvalue weighted by Gasteiger charge is -2.15. The van der Waals surface area contributed by atoms with Gasteiger partial charge in [0.1, 0.15) is 6.61 Å². The molecule has 0 bridgehead atoms. The minimum absolute atomic E-state index is 0.169. The van der Waals surface area contributed by atoms with Crippen molar-refractivity contribution >= 4 is 29.3 Å². The number of rotatable bonds is 4. The van der Waals surface area contributed by atoms with Crippen LogP contribution in [0.4, 0.5) is 0 Å². The highest BCUT2D eigenvalue weighted by Crippen LogP contribution is 2.31. The van der Waals surface area contributed by atoms with Gasteiger partial charge < -0.3 is 4.74 Å². The maximum absolute atomic E-state index is 6.40. The van der Waals surface area contributed by atoms with E-state index in [0.29, 0.717) is 6.61 Å². The Kier molecular flexibility index (Phi) is 4.93. The molecule has 0 atom stereocenters. The van der Waals surface area contributed by atoms with Crippen molar-refractivity contribution in [1.29, 1.82) is 0 Å². The zero-order valence-corrected chi connectivity index (χ0v) is 16.1. The van der Waals surface area contributed by atoms with E-state index in [1.807, 2.05) is 12.1 Å². The topological polar surface area (TPSA) is 21.6 Å². The number of benzene rings is 2. The highest BCUT2D eigenvalue weighted by molar-refractivity contribution is 7.98. The third-order valence-electron chi connectivity index (χ3n) is 4.29. The van der Waals surface area contributed by atoms with E-state index in [4.69, 9.17) is 21.3 Å². The van der Waals surface area contributed by atoms with Crippen molar-refractivity contribution in [2.75, 3.05) is 12.9 Å². The van der Waals surface area contributed by atoms with Gasteiger partial charge in [0.2, 0.25) is 5.90 Å². The molecular formula is C20H22ClNOS. The number of hydrogen-bond acceptors (Lipinski definition) is 3. The predicted molar refractivity (Wildman–Crippen MR) is 104 cm³/mol. The Labute approximate surface area is 153 Å². The standard InChI is InChI=1S/C20H22ClNOS/c1-13-16(11-14-7-5-6-8-18(14)24-4)15(9-10-17(13)21)19-22-20(2,3)12-23-19/h5-10H,11-12H2,1-4H3. The average molecular weight is 360 g/mol. The SMILES string of the molecule is CSc1ccccc1Cc1c(C2=NC(C)(C)CO2)ccc(Cl)c1C. The van der Waals surface area contributed by atoms with E-state index < -0.39 is 0 Å². The minimum atomic E-state index is -0.169. The van der Waals surface area contributed by atoms with E-state index in [-0.39, 0.29) is 5.54 Å². The molecule has 0 saturated heterocycles. The van der Waals surface area contributed by atoms with Crippen molar-refractivity contribution in [3.8, 4) is 0 Å². The molecule has 0 spiro atoms. The average Bonchev–Trinajstić information content (AvgIpc) is 2.92. The zero-order chi connectivity index (χ0) is 17.3. The first kappa shape index (κ1) is 17.4. The van der Waals surface area contributed by atoms with E-state index in [0.717, 1.165) is 28.5 Å². The molecule has 2 aromatic rings. The highest BCUT2D eigenvalue weighted by Gasteiger charge is 2.28. The number of thioether (sulfide) groups is 1. The molecular weight excluding hydrogens is 338 g/mol. The van der Waals surface area contributed by atoms with Gasteiger partial charge >= 0.3 is 0 Å². The first-order valence-electron chi connectivity index (χ1n) is 8.04. The van der Waals surface area contributed by atoms with Gasteiger partial charge in [-0.1, -0.05) is 29.8 Å². The maximum Gasteiger partial charge on any atom is 0.217 e. The molecule has 0 fully saturated rings. The van der Waals surface area contributed by atoms with E-state index in [1.165, 1.54) is 16.0 Å². The number of nitrogens with zero attached hydrogens (tertiary/aromatic N) is 1. The van der Waals surface area contributed by atoms with Crippen LogP contribution in [0.3, 0.4) is 0 Å². The van der Waals surface area contributed by atoms with Gasteiger partial charge in [-0.2, -0.15) is 0 Å². The quantitative estimate of drug-likeness (QED) is 0.670. The summed E-state index contributed by atoms with van der Waals surface area (Å²) in [6.45, 7) is 6.87. The van der Waals surface area contributed by atoms with Gasteiger partial charge in [0.15, 0.2) is 0 Å². The monoisotopic (exact) mass is 359 g/mol. The Bertz CT molecular complexity index is 798. The second-order valence-corrected chi connectivity index (χ2v) is 7.96. The highest BCUT2D eigenvalue weighted by atomic mass is 35.5. The van der Waals surface area contributed by atoms with Crippen molar-refractivity contribution in [3.05, 3.63) is 63.7 Å². The van der Waals surface area contributed by atoms with Gasteiger partial charge in [-0.3, -0.25) is 0 Å². The Hall–Kier alpha value is -1.45. The molecule has 1 aliphatic heterocycles. The Morgan fingerprint density at radius 3 is 2.62 bits per heavy atom. The molecule has 2 nitrogen and oxygen atoms in total.